The number of hydrogen-bond donors (Lipinski definition) is 1. The second kappa shape index (κ2) is 7.08. The van der Waals surface area contributed by atoms with Crippen LogP contribution in [0.4, 0.5) is 0 Å². The van der Waals surface area contributed by atoms with Crippen LogP contribution in [0.2, 0.25) is 0 Å². The molecule has 1 heterocycles. The molecule has 3 heteroatoms. The van der Waals surface area contributed by atoms with Crippen LogP contribution in [0, 0.1) is 0 Å². The van der Waals surface area contributed by atoms with E-state index in [1.54, 1.807) is 0 Å². The van der Waals surface area contributed by atoms with Crippen molar-refractivity contribution in [2.75, 3.05) is 20.6 Å². The molecule has 0 atom stereocenters. The van der Waals surface area contributed by atoms with Crippen LogP contribution in [0.1, 0.15) is 36.0 Å². The average molecular weight is 346 g/mol. The minimum atomic E-state index is 0.0151. The van der Waals surface area contributed by atoms with Gasteiger partial charge in [0.2, 0.25) is 0 Å². The van der Waals surface area contributed by atoms with Gasteiger partial charge in [-0.05, 0) is 68.0 Å². The molecule has 26 heavy (non-hydrogen) atoms. The summed E-state index contributed by atoms with van der Waals surface area (Å²) in [6.45, 7) is 1.16. The van der Waals surface area contributed by atoms with Gasteiger partial charge in [0.25, 0.3) is 5.56 Å². The summed E-state index contributed by atoms with van der Waals surface area (Å²) < 4.78 is 0. The molecule has 134 valence electrons. The fourth-order valence-electron chi connectivity index (χ4n) is 4.16. The van der Waals surface area contributed by atoms with Crippen molar-refractivity contribution in [3.8, 4) is 11.3 Å². The number of aryl methyl sites for hydroxylation is 1. The van der Waals surface area contributed by atoms with Crippen LogP contribution in [0.25, 0.3) is 22.0 Å². The number of rotatable bonds is 6. The van der Waals surface area contributed by atoms with Gasteiger partial charge < -0.3 is 9.88 Å². The van der Waals surface area contributed by atoms with E-state index >= 15 is 0 Å². The van der Waals surface area contributed by atoms with Crippen LogP contribution in [0.3, 0.4) is 0 Å². The lowest BCUT2D eigenvalue weighted by atomic mass is 9.97. The Bertz CT molecular complexity index is 1000. The number of H-pyrrole nitrogens is 1. The van der Waals surface area contributed by atoms with E-state index < -0.39 is 0 Å². The monoisotopic (exact) mass is 346 g/mol. The SMILES string of the molecule is CN(C)CCCCCc1cccc2c1Cc1c-2[nH]c(=O)c2ccccc12. The number of unbranched alkanes of at least 4 members (excludes halogenated alkanes) is 2. The molecule has 0 spiro atoms. The molecule has 3 nitrogen and oxygen atoms in total. The van der Waals surface area contributed by atoms with Crippen molar-refractivity contribution in [2.45, 2.75) is 32.1 Å². The number of pyridine rings is 1. The molecular formula is C23H26N2O. The summed E-state index contributed by atoms with van der Waals surface area (Å²) in [7, 11) is 4.26. The molecule has 0 aliphatic heterocycles. The van der Waals surface area contributed by atoms with Crippen LogP contribution in [-0.4, -0.2) is 30.5 Å². The van der Waals surface area contributed by atoms with Crippen molar-refractivity contribution < 1.29 is 0 Å². The predicted molar refractivity (Wildman–Crippen MR) is 109 cm³/mol. The Kier molecular flexibility index (Phi) is 4.64. The minimum Gasteiger partial charge on any atom is -0.321 e. The minimum absolute atomic E-state index is 0.0151. The van der Waals surface area contributed by atoms with Gasteiger partial charge in [-0.1, -0.05) is 42.8 Å². The topological polar surface area (TPSA) is 36.1 Å². The summed E-state index contributed by atoms with van der Waals surface area (Å²) >= 11 is 0. The number of benzene rings is 2. The molecule has 1 aliphatic rings. The van der Waals surface area contributed by atoms with Crippen molar-refractivity contribution in [1.82, 2.24) is 9.88 Å². The summed E-state index contributed by atoms with van der Waals surface area (Å²) in [5.41, 5.74) is 6.37. The standard InChI is InChI=1S/C23H26N2O/c1-25(2)14-7-3-4-9-16-10-8-13-18-20(16)15-21-17-11-5-6-12-19(17)23(26)24-22(18)21/h5-6,8,10-13H,3-4,7,9,14-15H2,1-2H3,(H,24,26). The van der Waals surface area contributed by atoms with Gasteiger partial charge in [-0.2, -0.15) is 0 Å². The first-order valence-corrected chi connectivity index (χ1v) is 9.55. The Morgan fingerprint density at radius 3 is 2.54 bits per heavy atom. The third kappa shape index (κ3) is 3.08. The van der Waals surface area contributed by atoms with Crippen LogP contribution in [0.15, 0.2) is 47.3 Å². The zero-order chi connectivity index (χ0) is 18.1. The van der Waals surface area contributed by atoms with E-state index in [-0.39, 0.29) is 5.56 Å². The highest BCUT2D eigenvalue weighted by molar-refractivity contribution is 5.93. The fraction of sp³-hybridized carbons (Fsp3) is 0.348. The molecule has 4 rings (SSSR count). The summed E-state index contributed by atoms with van der Waals surface area (Å²) in [6.07, 6.45) is 5.77. The first-order chi connectivity index (χ1) is 12.6. The molecule has 1 N–H and O–H groups in total. The largest absolute Gasteiger partial charge is 0.321 e. The van der Waals surface area contributed by atoms with Crippen molar-refractivity contribution >= 4 is 10.8 Å². The molecule has 0 radical (unpaired) electrons. The molecule has 3 aromatic rings. The van der Waals surface area contributed by atoms with Crippen LogP contribution >= 0.6 is 0 Å². The van der Waals surface area contributed by atoms with Gasteiger partial charge in [-0.25, -0.2) is 0 Å². The van der Waals surface area contributed by atoms with E-state index in [0.29, 0.717) is 0 Å². The van der Waals surface area contributed by atoms with Crippen LogP contribution in [-0.2, 0) is 12.8 Å². The van der Waals surface area contributed by atoms with Gasteiger partial charge in [0.1, 0.15) is 0 Å². The number of aromatic nitrogens is 1. The normalized spacial score (nSPS) is 12.6. The fourth-order valence-corrected chi connectivity index (χ4v) is 4.16. The molecule has 0 fully saturated rings. The maximum atomic E-state index is 12.5. The summed E-state index contributed by atoms with van der Waals surface area (Å²) in [5.74, 6) is 0. The Hall–Kier alpha value is -2.39. The van der Waals surface area contributed by atoms with E-state index in [1.807, 2.05) is 18.2 Å². The Balaban J connectivity index is 1.62. The van der Waals surface area contributed by atoms with Crippen LogP contribution < -0.4 is 5.56 Å². The molecular weight excluding hydrogens is 320 g/mol. The van der Waals surface area contributed by atoms with Gasteiger partial charge in [-0.15, -0.1) is 0 Å². The molecule has 1 aliphatic carbocycles. The van der Waals surface area contributed by atoms with E-state index in [9.17, 15) is 4.79 Å². The molecule has 1 aromatic heterocycles. The predicted octanol–water partition coefficient (Wildman–Crippen LogP) is 4.37. The number of nitrogens with zero attached hydrogens (tertiary/aromatic N) is 1. The lowest BCUT2D eigenvalue weighted by molar-refractivity contribution is 0.391. The number of hydrogen-bond acceptors (Lipinski definition) is 2. The maximum Gasteiger partial charge on any atom is 0.256 e. The van der Waals surface area contributed by atoms with Crippen LogP contribution in [0.5, 0.6) is 0 Å². The first-order valence-electron chi connectivity index (χ1n) is 9.55. The van der Waals surface area contributed by atoms with Gasteiger partial charge in [0.05, 0.1) is 5.69 Å². The molecule has 0 saturated heterocycles. The highest BCUT2D eigenvalue weighted by Crippen LogP contribution is 2.39. The summed E-state index contributed by atoms with van der Waals surface area (Å²) in [5, 5.41) is 1.89. The number of aromatic amines is 1. The van der Waals surface area contributed by atoms with Crippen molar-refractivity contribution in [1.29, 1.82) is 0 Å². The summed E-state index contributed by atoms with van der Waals surface area (Å²) in [4.78, 5) is 17.9. The zero-order valence-electron chi connectivity index (χ0n) is 15.6. The molecule has 0 amide bonds. The van der Waals surface area contributed by atoms with Gasteiger partial charge in [0.15, 0.2) is 0 Å². The van der Waals surface area contributed by atoms with Gasteiger partial charge in [0, 0.05) is 17.4 Å². The highest BCUT2D eigenvalue weighted by atomic mass is 16.1. The maximum absolute atomic E-state index is 12.5. The van der Waals surface area contributed by atoms with E-state index in [0.717, 1.165) is 35.9 Å². The lowest BCUT2D eigenvalue weighted by Gasteiger charge is -2.10. The Labute approximate surface area is 154 Å². The van der Waals surface area contributed by atoms with Crippen molar-refractivity contribution in [3.05, 3.63) is 69.5 Å². The third-order valence-electron chi connectivity index (χ3n) is 5.48. The van der Waals surface area contributed by atoms with E-state index in [1.165, 1.54) is 41.5 Å². The average Bonchev–Trinajstić information content (AvgIpc) is 3.01. The number of fused-ring (bicyclic) bond motifs is 5. The first kappa shape index (κ1) is 17.0. The van der Waals surface area contributed by atoms with E-state index in [2.05, 4.69) is 48.2 Å². The third-order valence-corrected chi connectivity index (χ3v) is 5.48. The van der Waals surface area contributed by atoms with Gasteiger partial charge >= 0.3 is 0 Å². The zero-order valence-corrected chi connectivity index (χ0v) is 15.6. The molecule has 0 saturated carbocycles. The second-order valence-electron chi connectivity index (χ2n) is 7.59. The van der Waals surface area contributed by atoms with E-state index in [4.69, 9.17) is 0 Å². The lowest BCUT2D eigenvalue weighted by Crippen LogP contribution is -2.12. The molecule has 2 aromatic carbocycles. The quantitative estimate of drug-likeness (QED) is 0.526. The van der Waals surface area contributed by atoms with Crippen molar-refractivity contribution in [2.24, 2.45) is 0 Å². The Morgan fingerprint density at radius 1 is 0.923 bits per heavy atom. The second-order valence-corrected chi connectivity index (χ2v) is 7.59. The Morgan fingerprint density at radius 2 is 1.73 bits per heavy atom. The number of nitrogens with one attached hydrogen (secondary N) is 1. The highest BCUT2D eigenvalue weighted by Gasteiger charge is 2.24. The van der Waals surface area contributed by atoms with Gasteiger partial charge in [-0.3, -0.25) is 4.79 Å². The molecule has 0 bridgehead atoms. The molecule has 0 unspecified atom stereocenters. The van der Waals surface area contributed by atoms with Crippen molar-refractivity contribution in [3.63, 3.8) is 0 Å². The summed E-state index contributed by atoms with van der Waals surface area (Å²) in [6, 6.07) is 14.5. The smallest absolute Gasteiger partial charge is 0.256 e.